The zero-order valence-electron chi connectivity index (χ0n) is 43.9. The minimum atomic E-state index is -4.47. The number of halogens is 10. The molecule has 0 atom stereocenters. The second-order valence-electron chi connectivity index (χ2n) is 17.4. The number of hydrogen-bond donors (Lipinski definition) is 4. The van der Waals surface area contributed by atoms with Gasteiger partial charge in [-0.05, 0) is 77.3 Å². The predicted octanol–water partition coefficient (Wildman–Crippen LogP) is 11.7. The van der Waals surface area contributed by atoms with Crippen LogP contribution in [0.15, 0.2) is 217 Å². The Hall–Kier alpha value is -11.2. The van der Waals surface area contributed by atoms with Gasteiger partial charge in [0.15, 0.2) is 17.3 Å². The molecule has 0 saturated heterocycles. The number of pyridine rings is 6. The fourth-order valence-corrected chi connectivity index (χ4v) is 7.00. The fraction of sp³-hybridized carbons (Fsp3) is 0.0893. The summed E-state index contributed by atoms with van der Waals surface area (Å²) in [4.78, 5) is 68.3. The molecule has 0 bridgehead atoms. The lowest BCUT2D eigenvalue weighted by Gasteiger charge is -2.09. The number of nitrogens with one attached hydrogen (secondary N) is 2. The highest BCUT2D eigenvalue weighted by molar-refractivity contribution is 6.27. The van der Waals surface area contributed by atoms with E-state index in [2.05, 4.69) is 40.5 Å². The third-order valence-corrected chi connectivity index (χ3v) is 11.3. The van der Waals surface area contributed by atoms with Gasteiger partial charge in [0.25, 0.3) is 34.1 Å². The number of benzene rings is 2. The van der Waals surface area contributed by atoms with E-state index in [9.17, 15) is 53.9 Å². The van der Waals surface area contributed by atoms with Crippen molar-refractivity contribution in [2.75, 3.05) is 16.4 Å². The molecule has 0 fully saturated rings. The van der Waals surface area contributed by atoms with Gasteiger partial charge in [-0.15, -0.1) is 0 Å². The summed E-state index contributed by atoms with van der Waals surface area (Å²) < 4.78 is 130. The fourth-order valence-electron chi connectivity index (χ4n) is 6.87. The number of rotatable bonds is 13. The Bertz CT molecular complexity index is 4200. The summed E-state index contributed by atoms with van der Waals surface area (Å²) in [5, 5.41) is 14.5. The Morgan fingerprint density at radius 2 is 0.862 bits per heavy atom. The molecule has 31 heteroatoms. The molecular weight excluding hydrogens is 1190 g/mol. The average Bonchev–Trinajstić information content (AvgIpc) is 4.26. The van der Waals surface area contributed by atoms with Crippen LogP contribution in [-0.2, 0) is 31.7 Å². The van der Waals surface area contributed by atoms with Crippen LogP contribution in [0.3, 0.4) is 0 Å². The molecule has 0 aliphatic rings. The molecule has 0 saturated carbocycles. The van der Waals surface area contributed by atoms with Crippen LogP contribution in [0.5, 0.6) is 0 Å². The normalized spacial score (nSPS) is 11.2. The van der Waals surface area contributed by atoms with Gasteiger partial charge in [-0.3, -0.25) is 29.3 Å². The van der Waals surface area contributed by atoms with Crippen molar-refractivity contribution in [1.29, 1.82) is 0 Å². The van der Waals surface area contributed by atoms with Crippen molar-refractivity contribution in [2.45, 2.75) is 31.7 Å². The van der Waals surface area contributed by atoms with E-state index >= 15 is 0 Å². The monoisotopic (exact) mass is 1230 g/mol. The molecule has 0 unspecified atom stereocenters. The van der Waals surface area contributed by atoms with Crippen molar-refractivity contribution in [3.8, 4) is 34.4 Å². The zero-order valence-corrected chi connectivity index (χ0v) is 44.7. The number of nitrogens with zero attached hydrogens (tertiary/aromatic N) is 9. The third kappa shape index (κ3) is 17.9. The van der Waals surface area contributed by atoms with Gasteiger partial charge in [0, 0.05) is 72.4 Å². The van der Waals surface area contributed by atoms with E-state index in [4.69, 9.17) is 45.5 Å². The van der Waals surface area contributed by atoms with Crippen molar-refractivity contribution in [3.05, 3.63) is 253 Å². The van der Waals surface area contributed by atoms with Gasteiger partial charge < -0.3 is 44.5 Å². The average molecular weight is 1230 g/mol. The molecule has 21 nitrogen and oxygen atoms in total. The van der Waals surface area contributed by atoms with E-state index in [-0.39, 0.29) is 63.9 Å². The molecule has 2 aromatic carbocycles. The summed E-state index contributed by atoms with van der Waals surface area (Å²) in [5.41, 5.74) is 5.28. The number of alkyl halides is 9. The van der Waals surface area contributed by atoms with Gasteiger partial charge in [0.2, 0.25) is 0 Å². The van der Waals surface area contributed by atoms with Crippen molar-refractivity contribution >= 4 is 40.7 Å². The minimum absolute atomic E-state index is 0.0155. The van der Waals surface area contributed by atoms with E-state index in [1.54, 1.807) is 12.1 Å². The first-order chi connectivity index (χ1) is 41.4. The Balaban J connectivity index is 0.000000157. The number of hydrogen-bond acceptors (Lipinski definition) is 18. The Morgan fingerprint density at radius 3 is 1.23 bits per heavy atom. The Labute approximate surface area is 486 Å². The summed E-state index contributed by atoms with van der Waals surface area (Å²) in [6.45, 7) is 0.585. The van der Waals surface area contributed by atoms with Gasteiger partial charge in [-0.1, -0.05) is 60.7 Å². The third-order valence-electron chi connectivity index (χ3n) is 11.1. The lowest BCUT2D eigenvalue weighted by atomic mass is 10.2. The second kappa shape index (κ2) is 27.5. The molecule has 11 rings (SSSR count). The summed E-state index contributed by atoms with van der Waals surface area (Å²) in [6.07, 6.45) is -3.19. The molecule has 87 heavy (non-hydrogen) atoms. The maximum absolute atomic E-state index is 12.6. The number of nitrogen functional groups attached to an aromatic ring is 1. The topological polar surface area (TPSA) is 272 Å². The summed E-state index contributed by atoms with van der Waals surface area (Å²) >= 11 is 5.43. The first kappa shape index (κ1) is 61.9. The van der Waals surface area contributed by atoms with Crippen LogP contribution in [0.25, 0.3) is 34.4 Å². The van der Waals surface area contributed by atoms with Gasteiger partial charge >= 0.3 is 18.5 Å². The van der Waals surface area contributed by atoms with Gasteiger partial charge in [-0.2, -0.15) is 53.7 Å². The van der Waals surface area contributed by atoms with Gasteiger partial charge in [-0.25, -0.2) is 15.0 Å². The highest BCUT2D eigenvalue weighted by Crippen LogP contribution is 2.33. The maximum Gasteiger partial charge on any atom is 0.417 e. The standard InChI is InChI=1S/C21H15F3N4O3.C14H9F3N4O3.C12H12N2O2.C9H4ClF3N2O/c22-21(23,24)15-6-7-17(25-11-15)18-12-26-20(31-18)27-16-8-9-28(19(29)10-16)30-13-14-4-2-1-3-5-14;15-14(16,17)8-1-2-10(18-6-8)11-7-19-13(24-11)20-9-3-4-21(23)12(22)5-9;13-11-6-7-14(12(15)8-11)16-9-10-4-2-1-3-5-10;10-8-15-4-7(16-8)6-2-1-5(3-14-6)9(11,12)13/h1-12H,13H2,(H,26,27);1-7,23H,(H,19,20);1-8H,9,13H2;1-4H. The molecule has 0 aliphatic carbocycles. The SMILES string of the molecule is FC(F)(F)c1ccc(-c2cnc(Cl)o2)nc1.Nc1ccn(OCc2ccccc2)c(=O)c1.O=c1cc(Nc2ncc(-c3ccc(C(F)(F)F)cn3)o2)ccn1O.O=c1cc(Nc2ncc(-c3ccc(C(F)(F)F)cn3)o2)ccn1OCc1ccccc1. The lowest BCUT2D eigenvalue weighted by Crippen LogP contribution is -2.25. The number of nitrogens with two attached hydrogens (primary N) is 1. The van der Waals surface area contributed by atoms with E-state index in [1.807, 2.05) is 60.7 Å². The van der Waals surface area contributed by atoms with E-state index in [0.29, 0.717) is 34.6 Å². The van der Waals surface area contributed by atoms with E-state index < -0.39 is 46.3 Å². The van der Waals surface area contributed by atoms with Gasteiger partial charge in [0.1, 0.15) is 30.3 Å². The van der Waals surface area contributed by atoms with Crippen LogP contribution in [0.1, 0.15) is 27.8 Å². The number of anilines is 5. The Kier molecular flexibility index (Phi) is 19.5. The minimum Gasteiger partial charge on any atom is -0.426 e. The van der Waals surface area contributed by atoms with Crippen molar-refractivity contribution in [3.63, 3.8) is 0 Å². The molecule has 0 radical (unpaired) electrons. The molecule has 9 heterocycles. The molecule has 0 spiro atoms. The summed E-state index contributed by atoms with van der Waals surface area (Å²) in [6, 6.07) is 33.7. The maximum atomic E-state index is 12.6. The first-order valence-electron chi connectivity index (χ1n) is 24.6. The van der Waals surface area contributed by atoms with Crippen LogP contribution in [-0.4, -0.2) is 49.3 Å². The second-order valence-corrected chi connectivity index (χ2v) is 17.7. The molecule has 0 amide bonds. The van der Waals surface area contributed by atoms with Crippen LogP contribution < -0.4 is 42.7 Å². The molecule has 11 aromatic rings. The smallest absolute Gasteiger partial charge is 0.417 e. The molecule has 5 N–H and O–H groups in total. The van der Waals surface area contributed by atoms with Crippen LogP contribution in [0.4, 0.5) is 68.6 Å². The van der Waals surface area contributed by atoms with E-state index in [0.717, 1.165) is 58.7 Å². The highest BCUT2D eigenvalue weighted by Gasteiger charge is 2.32. The molecular formula is C56H40ClF9N12O9. The highest BCUT2D eigenvalue weighted by atomic mass is 35.5. The predicted molar refractivity (Wildman–Crippen MR) is 293 cm³/mol. The van der Waals surface area contributed by atoms with Crippen LogP contribution >= 0.6 is 11.6 Å². The summed E-state index contributed by atoms with van der Waals surface area (Å²) in [5.74, 6) is 0.552. The first-order valence-corrected chi connectivity index (χ1v) is 25.0. The number of aromatic nitrogens is 9. The quantitative estimate of drug-likeness (QED) is 0.0617. The summed E-state index contributed by atoms with van der Waals surface area (Å²) in [7, 11) is 0. The van der Waals surface area contributed by atoms with Crippen LogP contribution in [0.2, 0.25) is 5.35 Å². The van der Waals surface area contributed by atoms with Crippen molar-refractivity contribution < 1.29 is 67.6 Å². The lowest BCUT2D eigenvalue weighted by molar-refractivity contribution is -0.138. The largest absolute Gasteiger partial charge is 0.426 e. The van der Waals surface area contributed by atoms with Gasteiger partial charge in [0.05, 0.1) is 35.3 Å². The molecule has 448 valence electrons. The van der Waals surface area contributed by atoms with Crippen molar-refractivity contribution in [1.82, 2.24) is 44.1 Å². The van der Waals surface area contributed by atoms with E-state index in [1.165, 1.54) is 72.1 Å². The number of oxazole rings is 3. The zero-order chi connectivity index (χ0) is 62.3. The Morgan fingerprint density at radius 1 is 0.471 bits per heavy atom. The molecule has 9 aromatic heterocycles. The van der Waals surface area contributed by atoms with Crippen molar-refractivity contribution in [2.24, 2.45) is 0 Å². The molecule has 0 aliphatic heterocycles. The van der Waals surface area contributed by atoms with Crippen LogP contribution in [0, 0.1) is 0 Å².